The number of aromatic hydroxyl groups is 1. The van der Waals surface area contributed by atoms with Crippen molar-refractivity contribution in [2.75, 3.05) is 13.6 Å². The van der Waals surface area contributed by atoms with Gasteiger partial charge in [0.2, 0.25) is 0 Å². The highest BCUT2D eigenvalue weighted by molar-refractivity contribution is 9.10. The molecule has 2 heterocycles. The van der Waals surface area contributed by atoms with Crippen molar-refractivity contribution < 1.29 is 14.6 Å². The molecule has 4 nitrogen and oxygen atoms in total. The number of nitrogens with zero attached hydrogens (tertiary/aromatic N) is 1. The molecule has 0 unspecified atom stereocenters. The van der Waals surface area contributed by atoms with Crippen molar-refractivity contribution in [2.24, 2.45) is 0 Å². The van der Waals surface area contributed by atoms with Gasteiger partial charge < -0.3 is 14.7 Å². The van der Waals surface area contributed by atoms with Crippen molar-refractivity contribution in [3.63, 3.8) is 0 Å². The number of likely N-dealkylation sites (tertiary alicyclic amines) is 1. The molecule has 1 N–H and O–H groups in total. The molecule has 2 aliphatic heterocycles. The summed E-state index contributed by atoms with van der Waals surface area (Å²) in [5, 5.41) is 10.3. The number of phenolic OH excluding ortho intramolecular Hbond substituents is 1. The summed E-state index contributed by atoms with van der Waals surface area (Å²) in [6.07, 6.45) is 2.78. The first kappa shape index (κ1) is 13.4. The van der Waals surface area contributed by atoms with E-state index in [1.54, 1.807) is 6.07 Å². The summed E-state index contributed by atoms with van der Waals surface area (Å²) in [4.78, 5) is 15.0. The van der Waals surface area contributed by atoms with Crippen LogP contribution in [0.15, 0.2) is 12.1 Å². The van der Waals surface area contributed by atoms with Gasteiger partial charge >= 0.3 is 0 Å². The van der Waals surface area contributed by atoms with Gasteiger partial charge in [-0.1, -0.05) is 22.0 Å². The molecule has 1 aromatic rings. The number of likely N-dealkylation sites (N-methyl/N-ethyl adjacent to an activating group) is 1. The molecule has 1 spiro atoms. The molecular formula is C17H18BrNO3. The lowest BCUT2D eigenvalue weighted by atomic mass is 9.51. The maximum Gasteiger partial charge on any atom is 0.174 e. The third kappa shape index (κ3) is 1.21. The normalized spacial score (nSPS) is 42.0. The van der Waals surface area contributed by atoms with Crippen molar-refractivity contribution in [2.45, 2.75) is 47.6 Å². The van der Waals surface area contributed by atoms with Crippen LogP contribution < -0.4 is 4.74 Å². The second kappa shape index (κ2) is 3.88. The van der Waals surface area contributed by atoms with Crippen LogP contribution in [-0.2, 0) is 16.6 Å². The standard InChI is InChI=1S/C17H18BrNO3/c1-19-7-6-16-13-9-2-3-10(20)14(13)22-15(16)11(21)4-5-17(16,18)12(19)8-9/h2-3,12,15,20H,4-8H2,1H3/t12-,15+,16+,17-/m1/s1. The van der Waals surface area contributed by atoms with Crippen molar-refractivity contribution in [1.82, 2.24) is 4.90 Å². The fraction of sp³-hybridized carbons (Fsp3) is 0.588. The van der Waals surface area contributed by atoms with E-state index >= 15 is 0 Å². The molecule has 2 fully saturated rings. The molecule has 2 bridgehead atoms. The van der Waals surface area contributed by atoms with Crippen LogP contribution in [0, 0.1) is 0 Å². The summed E-state index contributed by atoms with van der Waals surface area (Å²) in [5.41, 5.74) is 2.02. The summed E-state index contributed by atoms with van der Waals surface area (Å²) in [6, 6.07) is 4.09. The number of alkyl halides is 1. The number of ketones is 1. The molecule has 4 atom stereocenters. The number of ether oxygens (including phenoxy) is 1. The number of hydrogen-bond acceptors (Lipinski definition) is 4. The minimum absolute atomic E-state index is 0.141. The molecule has 0 aromatic heterocycles. The van der Waals surface area contributed by atoms with E-state index in [1.165, 1.54) is 5.56 Å². The Morgan fingerprint density at radius 3 is 3.05 bits per heavy atom. The van der Waals surface area contributed by atoms with Gasteiger partial charge in [0, 0.05) is 18.0 Å². The fourth-order valence-electron chi connectivity index (χ4n) is 5.48. The van der Waals surface area contributed by atoms with Crippen LogP contribution in [0.3, 0.4) is 0 Å². The number of halogens is 1. The molecule has 22 heavy (non-hydrogen) atoms. The molecule has 0 amide bonds. The summed E-state index contributed by atoms with van der Waals surface area (Å²) < 4.78 is 5.93. The Morgan fingerprint density at radius 1 is 1.41 bits per heavy atom. The minimum atomic E-state index is -0.445. The van der Waals surface area contributed by atoms with E-state index in [9.17, 15) is 9.90 Å². The first-order chi connectivity index (χ1) is 10.5. The average Bonchev–Trinajstić information content (AvgIpc) is 2.85. The predicted molar refractivity (Wildman–Crippen MR) is 84.8 cm³/mol. The molecule has 2 aliphatic carbocycles. The second-order valence-electron chi connectivity index (χ2n) is 7.20. The van der Waals surface area contributed by atoms with Crippen LogP contribution in [0.25, 0.3) is 0 Å². The smallest absolute Gasteiger partial charge is 0.174 e. The molecule has 5 heteroatoms. The van der Waals surface area contributed by atoms with Crippen molar-refractivity contribution >= 4 is 21.7 Å². The number of carbonyl (C=O) groups is 1. The Labute approximate surface area is 137 Å². The van der Waals surface area contributed by atoms with Gasteiger partial charge in [0.05, 0.1) is 9.74 Å². The molecule has 1 saturated carbocycles. The number of Topliss-reactive ketones (excluding diaryl/α,β-unsaturated/α-hetero) is 1. The fourth-order valence-corrected chi connectivity index (χ4v) is 6.79. The van der Waals surface area contributed by atoms with Crippen molar-refractivity contribution in [3.8, 4) is 11.5 Å². The minimum Gasteiger partial charge on any atom is -0.504 e. The van der Waals surface area contributed by atoms with Crippen LogP contribution >= 0.6 is 15.9 Å². The van der Waals surface area contributed by atoms with Crippen molar-refractivity contribution in [3.05, 3.63) is 23.3 Å². The second-order valence-corrected chi connectivity index (χ2v) is 8.61. The maximum absolute atomic E-state index is 12.6. The predicted octanol–water partition coefficient (Wildman–Crippen LogP) is 2.15. The number of hydrogen-bond donors (Lipinski definition) is 1. The Hall–Kier alpha value is -1.07. The highest BCUT2D eigenvalue weighted by Crippen LogP contribution is 2.67. The first-order valence-corrected chi connectivity index (χ1v) is 8.72. The van der Waals surface area contributed by atoms with E-state index in [0.717, 1.165) is 31.4 Å². The molecule has 0 radical (unpaired) electrons. The van der Waals surface area contributed by atoms with Crippen molar-refractivity contribution in [1.29, 1.82) is 0 Å². The van der Waals surface area contributed by atoms with Crippen LogP contribution in [0.4, 0.5) is 0 Å². The lowest BCUT2D eigenvalue weighted by molar-refractivity contribution is -0.135. The molecule has 5 rings (SSSR count). The SMILES string of the molecule is CN1CC[C@]23c4c5ccc(O)c4O[C@H]2C(=O)CC[C@@]3(Br)[C@H]1C5. The molecular weight excluding hydrogens is 346 g/mol. The molecule has 1 saturated heterocycles. The van der Waals surface area contributed by atoms with E-state index in [0.29, 0.717) is 18.2 Å². The monoisotopic (exact) mass is 363 g/mol. The molecule has 1 aromatic carbocycles. The number of rotatable bonds is 0. The number of benzene rings is 1. The Morgan fingerprint density at radius 2 is 2.23 bits per heavy atom. The maximum atomic E-state index is 12.6. The van der Waals surface area contributed by atoms with Gasteiger partial charge in [0.25, 0.3) is 0 Å². The van der Waals surface area contributed by atoms with Gasteiger partial charge in [0.1, 0.15) is 0 Å². The largest absolute Gasteiger partial charge is 0.504 e. The number of piperidine rings is 1. The van der Waals surface area contributed by atoms with E-state index < -0.39 is 6.10 Å². The van der Waals surface area contributed by atoms with E-state index in [2.05, 4.69) is 27.9 Å². The number of phenols is 1. The zero-order chi connectivity index (χ0) is 15.3. The molecule has 116 valence electrons. The third-order valence-corrected chi connectivity index (χ3v) is 8.09. The zero-order valence-corrected chi connectivity index (χ0v) is 14.0. The average molecular weight is 364 g/mol. The lowest BCUT2D eigenvalue weighted by Gasteiger charge is -2.62. The first-order valence-electron chi connectivity index (χ1n) is 7.93. The van der Waals surface area contributed by atoms with Gasteiger partial charge in [-0.3, -0.25) is 4.79 Å². The Bertz CT molecular complexity index is 720. The van der Waals surface area contributed by atoms with Crippen LogP contribution in [0.1, 0.15) is 30.4 Å². The number of carbonyl (C=O) groups excluding carboxylic acids is 1. The third-order valence-electron chi connectivity index (χ3n) is 6.45. The quantitative estimate of drug-likeness (QED) is 0.717. The van der Waals surface area contributed by atoms with Gasteiger partial charge in [-0.25, -0.2) is 0 Å². The summed E-state index contributed by atoms with van der Waals surface area (Å²) in [5.74, 6) is 0.911. The van der Waals surface area contributed by atoms with E-state index in [-0.39, 0.29) is 21.3 Å². The summed E-state index contributed by atoms with van der Waals surface area (Å²) in [7, 11) is 2.17. The van der Waals surface area contributed by atoms with Crippen LogP contribution in [0.2, 0.25) is 0 Å². The topological polar surface area (TPSA) is 49.8 Å². The summed E-state index contributed by atoms with van der Waals surface area (Å²) >= 11 is 4.09. The lowest BCUT2D eigenvalue weighted by Crippen LogP contribution is -2.73. The van der Waals surface area contributed by atoms with Crippen LogP contribution in [-0.4, -0.2) is 45.9 Å². The highest BCUT2D eigenvalue weighted by atomic mass is 79.9. The van der Waals surface area contributed by atoms with Gasteiger partial charge in [0.15, 0.2) is 23.4 Å². The van der Waals surface area contributed by atoms with Gasteiger partial charge in [-0.2, -0.15) is 0 Å². The van der Waals surface area contributed by atoms with Gasteiger partial charge in [-0.15, -0.1) is 0 Å². The Balaban J connectivity index is 1.88. The Kier molecular flexibility index (Phi) is 2.36. The zero-order valence-electron chi connectivity index (χ0n) is 12.4. The van der Waals surface area contributed by atoms with E-state index in [4.69, 9.17) is 4.74 Å². The van der Waals surface area contributed by atoms with Crippen LogP contribution in [0.5, 0.6) is 11.5 Å². The van der Waals surface area contributed by atoms with E-state index in [1.807, 2.05) is 6.07 Å². The summed E-state index contributed by atoms with van der Waals surface area (Å²) in [6.45, 7) is 0.958. The molecule has 4 aliphatic rings. The van der Waals surface area contributed by atoms with Gasteiger partial charge in [-0.05, 0) is 44.5 Å². The highest BCUT2D eigenvalue weighted by Gasteiger charge is 2.72.